The number of hydrogen-bond donors (Lipinski definition) is 2. The number of hydrogen-bond acceptors (Lipinski definition) is 5. The maximum atomic E-state index is 12.9. The van der Waals surface area contributed by atoms with Gasteiger partial charge in [-0.15, -0.1) is 23.1 Å². The van der Waals surface area contributed by atoms with E-state index in [2.05, 4.69) is 10.3 Å². The van der Waals surface area contributed by atoms with Gasteiger partial charge in [-0.25, -0.2) is 4.21 Å². The molecule has 2 aromatic carbocycles. The van der Waals surface area contributed by atoms with E-state index in [-0.39, 0.29) is 17.7 Å². The number of anilines is 1. The molecular formula is C24H23N3O3S3. The molecule has 4 aromatic rings. The van der Waals surface area contributed by atoms with Gasteiger partial charge in [-0.2, -0.15) is 0 Å². The van der Waals surface area contributed by atoms with E-state index in [0.29, 0.717) is 11.4 Å². The molecule has 0 aliphatic rings. The van der Waals surface area contributed by atoms with Crippen LogP contribution in [0.2, 0.25) is 0 Å². The van der Waals surface area contributed by atoms with E-state index in [1.54, 1.807) is 17.4 Å². The topological polar surface area (TPSA) is 82.3 Å². The van der Waals surface area contributed by atoms with Gasteiger partial charge in [0.2, 0.25) is 0 Å². The first-order valence-electron chi connectivity index (χ1n) is 10.3. The molecule has 0 bridgehead atoms. The quantitative estimate of drug-likeness (QED) is 0.313. The fourth-order valence-electron chi connectivity index (χ4n) is 3.32. The predicted octanol–water partition coefficient (Wildman–Crippen LogP) is 4.62. The van der Waals surface area contributed by atoms with Crippen LogP contribution in [-0.4, -0.2) is 40.2 Å². The summed E-state index contributed by atoms with van der Waals surface area (Å²) in [6.07, 6.45) is 0.867. The first-order chi connectivity index (χ1) is 16.1. The summed E-state index contributed by atoms with van der Waals surface area (Å²) in [5.74, 6) is 0.412. The summed E-state index contributed by atoms with van der Waals surface area (Å²) in [5.41, 5.74) is 3.00. The molecule has 2 heterocycles. The first kappa shape index (κ1) is 23.3. The SMILES string of the molecule is CN(c1cccc2cc(C(=O)NCC(C=O)SCc3ccccc3)[nH]c12)S(=O)c1cccs1. The second kappa shape index (κ2) is 10.8. The Labute approximate surface area is 203 Å². The van der Waals surface area contributed by atoms with Crippen molar-refractivity contribution >= 4 is 62.9 Å². The molecule has 0 fully saturated rings. The second-order valence-electron chi connectivity index (χ2n) is 7.28. The monoisotopic (exact) mass is 497 g/mol. The van der Waals surface area contributed by atoms with Crippen molar-refractivity contribution in [2.75, 3.05) is 17.9 Å². The number of aldehydes is 1. The third-order valence-electron chi connectivity index (χ3n) is 5.06. The number of aromatic amines is 1. The zero-order chi connectivity index (χ0) is 23.2. The van der Waals surface area contributed by atoms with Crippen molar-refractivity contribution in [3.05, 3.63) is 83.4 Å². The van der Waals surface area contributed by atoms with E-state index in [9.17, 15) is 13.8 Å². The second-order valence-corrected chi connectivity index (χ2v) is 11.2. The van der Waals surface area contributed by atoms with Crippen molar-refractivity contribution in [2.45, 2.75) is 15.2 Å². The summed E-state index contributed by atoms with van der Waals surface area (Å²) < 4.78 is 15.3. The zero-order valence-corrected chi connectivity index (χ0v) is 20.3. The minimum Gasteiger partial charge on any atom is -0.349 e. The molecule has 0 aliphatic carbocycles. The molecule has 0 saturated heterocycles. The van der Waals surface area contributed by atoms with Crippen LogP contribution in [0.15, 0.2) is 76.3 Å². The fraction of sp³-hybridized carbons (Fsp3) is 0.167. The Morgan fingerprint density at radius 2 is 2.00 bits per heavy atom. The molecule has 2 aromatic heterocycles. The van der Waals surface area contributed by atoms with Crippen LogP contribution in [0.1, 0.15) is 16.1 Å². The van der Waals surface area contributed by atoms with Crippen molar-refractivity contribution in [2.24, 2.45) is 0 Å². The van der Waals surface area contributed by atoms with E-state index in [1.807, 2.05) is 66.0 Å². The number of aromatic nitrogens is 1. The first-order valence-corrected chi connectivity index (χ1v) is 13.3. The highest BCUT2D eigenvalue weighted by molar-refractivity contribution is 7.99. The van der Waals surface area contributed by atoms with Crippen LogP contribution in [0.4, 0.5) is 5.69 Å². The van der Waals surface area contributed by atoms with Gasteiger partial charge in [0.25, 0.3) is 5.91 Å². The molecule has 2 atom stereocenters. The Hall–Kier alpha value is -2.88. The lowest BCUT2D eigenvalue weighted by molar-refractivity contribution is -0.107. The molecule has 9 heteroatoms. The van der Waals surface area contributed by atoms with Crippen LogP contribution in [0, 0.1) is 0 Å². The van der Waals surface area contributed by atoms with E-state index in [4.69, 9.17) is 0 Å². The van der Waals surface area contributed by atoms with Crippen LogP contribution in [-0.2, 0) is 21.5 Å². The summed E-state index contributed by atoms with van der Waals surface area (Å²) in [5, 5.41) is 5.25. The smallest absolute Gasteiger partial charge is 0.267 e. The number of H-pyrrole nitrogens is 1. The van der Waals surface area contributed by atoms with Gasteiger partial charge in [-0.05, 0) is 29.1 Å². The number of para-hydroxylation sites is 1. The Bertz CT molecular complexity index is 1260. The maximum absolute atomic E-state index is 12.9. The van der Waals surface area contributed by atoms with Crippen LogP contribution < -0.4 is 9.62 Å². The van der Waals surface area contributed by atoms with Crippen LogP contribution in [0.25, 0.3) is 10.9 Å². The Morgan fingerprint density at radius 1 is 1.18 bits per heavy atom. The summed E-state index contributed by atoms with van der Waals surface area (Å²) in [6.45, 7) is 0.240. The maximum Gasteiger partial charge on any atom is 0.267 e. The molecule has 0 saturated carbocycles. The third kappa shape index (κ3) is 5.55. The number of benzene rings is 2. The van der Waals surface area contributed by atoms with Gasteiger partial charge in [-0.3, -0.25) is 9.10 Å². The molecule has 6 nitrogen and oxygen atoms in total. The number of thiophene rings is 1. The van der Waals surface area contributed by atoms with Gasteiger partial charge < -0.3 is 15.1 Å². The minimum atomic E-state index is -1.34. The van der Waals surface area contributed by atoms with Crippen molar-refractivity contribution in [1.82, 2.24) is 10.3 Å². The molecule has 0 spiro atoms. The summed E-state index contributed by atoms with van der Waals surface area (Å²) >= 11 is 2.93. The lowest BCUT2D eigenvalue weighted by atomic mass is 10.2. The van der Waals surface area contributed by atoms with Gasteiger partial charge in [0.1, 0.15) is 16.2 Å². The van der Waals surface area contributed by atoms with Crippen LogP contribution in [0.5, 0.6) is 0 Å². The Kier molecular flexibility index (Phi) is 7.64. The Morgan fingerprint density at radius 3 is 2.73 bits per heavy atom. The normalized spacial score (nSPS) is 12.9. The largest absolute Gasteiger partial charge is 0.349 e. The highest BCUT2D eigenvalue weighted by Crippen LogP contribution is 2.29. The number of nitrogens with one attached hydrogen (secondary N) is 2. The molecule has 1 amide bonds. The number of amides is 1. The van der Waals surface area contributed by atoms with Crippen molar-refractivity contribution < 1.29 is 13.8 Å². The predicted molar refractivity (Wildman–Crippen MR) is 137 cm³/mol. The standard InChI is InChI=1S/C24H23N3O3S3/c1-27(33(30)22-11-6-12-31-22)21-10-5-9-18-13-20(26-23(18)21)24(29)25-14-19(15-28)32-16-17-7-3-2-4-8-17/h2-13,15,19,26H,14,16H2,1H3,(H,25,29). The molecule has 33 heavy (non-hydrogen) atoms. The van der Waals surface area contributed by atoms with E-state index < -0.39 is 11.0 Å². The molecule has 2 N–H and O–H groups in total. The van der Waals surface area contributed by atoms with Crippen LogP contribution in [0.3, 0.4) is 0 Å². The lowest BCUT2D eigenvalue weighted by Gasteiger charge is -2.17. The number of fused-ring (bicyclic) bond motifs is 1. The van der Waals surface area contributed by atoms with Crippen molar-refractivity contribution in [3.8, 4) is 0 Å². The van der Waals surface area contributed by atoms with Gasteiger partial charge in [0.15, 0.2) is 11.0 Å². The average Bonchev–Trinajstić information content (AvgIpc) is 3.54. The molecule has 0 radical (unpaired) electrons. The number of carbonyl (C=O) groups excluding carboxylic acids is 2. The highest BCUT2D eigenvalue weighted by Gasteiger charge is 2.18. The molecule has 170 valence electrons. The number of carbonyl (C=O) groups is 2. The molecular weight excluding hydrogens is 474 g/mol. The molecule has 2 unspecified atom stereocenters. The van der Waals surface area contributed by atoms with Crippen molar-refractivity contribution in [3.63, 3.8) is 0 Å². The fourth-order valence-corrected chi connectivity index (χ4v) is 6.28. The van der Waals surface area contributed by atoms with Crippen molar-refractivity contribution in [1.29, 1.82) is 0 Å². The van der Waals surface area contributed by atoms with Gasteiger partial charge in [-0.1, -0.05) is 48.5 Å². The van der Waals surface area contributed by atoms with Gasteiger partial charge in [0.05, 0.1) is 16.5 Å². The zero-order valence-electron chi connectivity index (χ0n) is 17.9. The summed E-state index contributed by atoms with van der Waals surface area (Å²) in [6, 6.07) is 21.0. The Balaban J connectivity index is 1.43. The lowest BCUT2D eigenvalue weighted by Crippen LogP contribution is -2.31. The summed E-state index contributed by atoms with van der Waals surface area (Å²) in [4.78, 5) is 27.4. The number of thioether (sulfide) groups is 1. The molecule has 0 aliphatic heterocycles. The summed E-state index contributed by atoms with van der Waals surface area (Å²) in [7, 11) is 0.423. The number of nitrogens with zero attached hydrogens (tertiary/aromatic N) is 1. The van der Waals surface area contributed by atoms with E-state index in [0.717, 1.165) is 32.6 Å². The van der Waals surface area contributed by atoms with Gasteiger partial charge in [0, 0.05) is 24.7 Å². The third-order valence-corrected chi connectivity index (χ3v) is 8.81. The average molecular weight is 498 g/mol. The molecule has 4 rings (SSSR count). The van der Waals surface area contributed by atoms with Crippen LogP contribution >= 0.6 is 23.1 Å². The minimum absolute atomic E-state index is 0.240. The van der Waals surface area contributed by atoms with E-state index >= 15 is 0 Å². The number of rotatable bonds is 10. The highest BCUT2D eigenvalue weighted by atomic mass is 32.2. The van der Waals surface area contributed by atoms with E-state index in [1.165, 1.54) is 23.1 Å². The van der Waals surface area contributed by atoms with Gasteiger partial charge >= 0.3 is 0 Å².